The van der Waals surface area contributed by atoms with Gasteiger partial charge in [0.15, 0.2) is 0 Å². The number of hydrogen-bond donors (Lipinski definition) is 0. The van der Waals surface area contributed by atoms with Crippen LogP contribution in [0.15, 0.2) is 58.3 Å². The molecule has 4 heteroatoms. The number of anilines is 2. The van der Waals surface area contributed by atoms with Gasteiger partial charge in [0.2, 0.25) is 0 Å². The molecule has 0 N–H and O–H groups in total. The van der Waals surface area contributed by atoms with Crippen molar-refractivity contribution in [3.8, 4) is 0 Å². The minimum Gasteiger partial charge on any atom is -0.339 e. The molecule has 0 spiro atoms. The van der Waals surface area contributed by atoms with Gasteiger partial charge in [-0.1, -0.05) is 24.3 Å². The maximum Gasteiger partial charge on any atom is 0.0892 e. The summed E-state index contributed by atoms with van der Waals surface area (Å²) in [5, 5.41) is 0. The van der Waals surface area contributed by atoms with Crippen LogP contribution in [0.4, 0.5) is 11.4 Å². The van der Waals surface area contributed by atoms with E-state index < -0.39 is 10.8 Å². The third-order valence-electron chi connectivity index (χ3n) is 3.92. The Morgan fingerprint density at radius 3 is 1.91 bits per heavy atom. The molecule has 2 aromatic carbocycles. The molecular weight excluding hydrogens is 292 g/mol. The Morgan fingerprint density at radius 1 is 0.909 bits per heavy atom. The van der Waals surface area contributed by atoms with Crippen LogP contribution in [0.2, 0.25) is 0 Å². The number of fused-ring (bicyclic) bond motifs is 2. The largest absolute Gasteiger partial charge is 0.339 e. The normalized spacial score (nSPS) is 14.6. The molecular formula is C18H23N2OS+. The van der Waals surface area contributed by atoms with Crippen molar-refractivity contribution in [1.29, 1.82) is 0 Å². The summed E-state index contributed by atoms with van der Waals surface area (Å²) in [6.45, 7) is 2.06. The lowest BCUT2D eigenvalue weighted by Gasteiger charge is -2.33. The fourth-order valence-electron chi connectivity index (χ4n) is 2.87. The second kappa shape index (κ2) is 5.86. The third kappa shape index (κ3) is 2.94. The molecule has 0 saturated carbocycles. The van der Waals surface area contributed by atoms with Gasteiger partial charge in [-0.3, -0.25) is 0 Å². The highest BCUT2D eigenvalue weighted by molar-refractivity contribution is 7.85. The minimum atomic E-state index is -1.08. The van der Waals surface area contributed by atoms with Gasteiger partial charge in [0, 0.05) is 13.0 Å². The second-order valence-corrected chi connectivity index (χ2v) is 8.14. The summed E-state index contributed by atoms with van der Waals surface area (Å²) in [5.74, 6) is 0. The maximum atomic E-state index is 12.8. The number of benzene rings is 2. The summed E-state index contributed by atoms with van der Waals surface area (Å²) >= 11 is 0. The van der Waals surface area contributed by atoms with Crippen LogP contribution < -0.4 is 4.90 Å². The quantitative estimate of drug-likeness (QED) is 0.806. The Morgan fingerprint density at radius 2 is 1.41 bits per heavy atom. The smallest absolute Gasteiger partial charge is 0.0892 e. The van der Waals surface area contributed by atoms with E-state index in [9.17, 15) is 4.21 Å². The lowest BCUT2D eigenvalue weighted by Crippen LogP contribution is -2.37. The summed E-state index contributed by atoms with van der Waals surface area (Å²) in [4.78, 5) is 4.17. The van der Waals surface area contributed by atoms with Gasteiger partial charge in [0.1, 0.15) is 0 Å². The van der Waals surface area contributed by atoms with Gasteiger partial charge < -0.3 is 9.38 Å². The zero-order valence-electron chi connectivity index (χ0n) is 13.5. The zero-order chi connectivity index (χ0) is 15.7. The van der Waals surface area contributed by atoms with Crippen molar-refractivity contribution in [2.24, 2.45) is 0 Å². The van der Waals surface area contributed by atoms with Crippen LogP contribution in [0.3, 0.4) is 0 Å². The van der Waals surface area contributed by atoms with E-state index in [4.69, 9.17) is 0 Å². The molecule has 0 fully saturated rings. The summed E-state index contributed by atoms with van der Waals surface area (Å²) in [7, 11) is 5.57. The van der Waals surface area contributed by atoms with Crippen molar-refractivity contribution in [3.05, 3.63) is 48.5 Å². The topological polar surface area (TPSA) is 20.3 Å². The maximum absolute atomic E-state index is 12.8. The van der Waals surface area contributed by atoms with E-state index in [0.29, 0.717) is 0 Å². The van der Waals surface area contributed by atoms with E-state index in [1.807, 2.05) is 36.4 Å². The predicted octanol–water partition coefficient (Wildman–Crippen LogP) is 3.40. The molecule has 3 rings (SSSR count). The van der Waals surface area contributed by atoms with Crippen molar-refractivity contribution < 1.29 is 8.69 Å². The molecule has 2 aromatic rings. The standard InChI is InChI=1S/C18H23N2OS/c1-20(2,3)14-8-13-19-15-9-4-6-11-17(15)22(21)18-12-7-5-10-16(18)19/h4-7,9-12H,8,13-14H2,1-3H3/q+1. The number of quaternary nitrogens is 1. The third-order valence-corrected chi connectivity index (χ3v) is 5.41. The molecule has 0 saturated heterocycles. The molecule has 3 nitrogen and oxygen atoms in total. The Kier molecular flexibility index (Phi) is 4.06. The molecule has 0 bridgehead atoms. The lowest BCUT2D eigenvalue weighted by atomic mass is 10.2. The number of nitrogens with zero attached hydrogens (tertiary/aromatic N) is 2. The molecule has 1 heterocycles. The first-order valence-corrected chi connectivity index (χ1v) is 8.80. The van der Waals surface area contributed by atoms with E-state index in [1.54, 1.807) is 0 Å². The van der Waals surface area contributed by atoms with Crippen LogP contribution in [-0.4, -0.2) is 42.9 Å². The monoisotopic (exact) mass is 315 g/mol. The van der Waals surface area contributed by atoms with Crippen LogP contribution in [0, 0.1) is 0 Å². The molecule has 1 aliphatic heterocycles. The van der Waals surface area contributed by atoms with Crippen LogP contribution in [0.25, 0.3) is 0 Å². The SMILES string of the molecule is C[N+](C)(C)CCCN1c2ccccc2S(=O)c2ccccc21. The number of hydrogen-bond acceptors (Lipinski definition) is 2. The van der Waals surface area contributed by atoms with Gasteiger partial charge in [-0.05, 0) is 24.3 Å². The molecule has 1 aliphatic rings. The Balaban J connectivity index is 1.96. The summed E-state index contributed by atoms with van der Waals surface area (Å²) < 4.78 is 13.7. The van der Waals surface area contributed by atoms with Crippen molar-refractivity contribution in [3.63, 3.8) is 0 Å². The highest BCUT2D eigenvalue weighted by Gasteiger charge is 2.27. The molecule has 0 atom stereocenters. The Hall–Kier alpha value is -1.65. The van der Waals surface area contributed by atoms with Crippen molar-refractivity contribution in [2.45, 2.75) is 16.2 Å². The van der Waals surface area contributed by atoms with Crippen LogP contribution in [0.5, 0.6) is 0 Å². The van der Waals surface area contributed by atoms with E-state index in [0.717, 1.165) is 45.2 Å². The summed E-state index contributed by atoms with van der Waals surface area (Å²) in [5.41, 5.74) is 2.17. The first kappa shape index (κ1) is 15.3. The van der Waals surface area contributed by atoms with Gasteiger partial charge in [-0.15, -0.1) is 0 Å². The van der Waals surface area contributed by atoms with Gasteiger partial charge in [-0.25, -0.2) is 4.21 Å². The molecule has 0 amide bonds. The molecule has 22 heavy (non-hydrogen) atoms. The highest BCUT2D eigenvalue weighted by Crippen LogP contribution is 2.41. The highest BCUT2D eigenvalue weighted by atomic mass is 32.2. The van der Waals surface area contributed by atoms with Gasteiger partial charge >= 0.3 is 0 Å². The van der Waals surface area contributed by atoms with E-state index in [2.05, 4.69) is 38.2 Å². The Labute approximate surface area is 135 Å². The van der Waals surface area contributed by atoms with E-state index >= 15 is 0 Å². The van der Waals surface area contributed by atoms with E-state index in [-0.39, 0.29) is 0 Å². The number of rotatable bonds is 4. The molecule has 0 aromatic heterocycles. The van der Waals surface area contributed by atoms with Crippen molar-refractivity contribution in [1.82, 2.24) is 0 Å². The first-order chi connectivity index (χ1) is 10.5. The van der Waals surface area contributed by atoms with Gasteiger partial charge in [0.05, 0.1) is 59.7 Å². The fraction of sp³-hybridized carbons (Fsp3) is 0.333. The first-order valence-electron chi connectivity index (χ1n) is 7.65. The number of para-hydroxylation sites is 2. The zero-order valence-corrected chi connectivity index (χ0v) is 14.3. The predicted molar refractivity (Wildman–Crippen MR) is 92.1 cm³/mol. The average Bonchev–Trinajstić information content (AvgIpc) is 2.49. The minimum absolute atomic E-state index is 0.923. The average molecular weight is 315 g/mol. The fourth-order valence-corrected chi connectivity index (χ4v) is 4.24. The van der Waals surface area contributed by atoms with Crippen LogP contribution >= 0.6 is 0 Å². The molecule has 0 radical (unpaired) electrons. The van der Waals surface area contributed by atoms with Crippen molar-refractivity contribution >= 4 is 22.2 Å². The van der Waals surface area contributed by atoms with Crippen LogP contribution in [0.1, 0.15) is 6.42 Å². The summed E-state index contributed by atoms with van der Waals surface area (Å²) in [6, 6.07) is 16.1. The molecule has 116 valence electrons. The lowest BCUT2D eigenvalue weighted by molar-refractivity contribution is -0.870. The van der Waals surface area contributed by atoms with Crippen LogP contribution in [-0.2, 0) is 10.8 Å². The summed E-state index contributed by atoms with van der Waals surface area (Å²) in [6.07, 6.45) is 1.10. The van der Waals surface area contributed by atoms with Gasteiger partial charge in [0.25, 0.3) is 0 Å². The molecule has 0 aliphatic carbocycles. The van der Waals surface area contributed by atoms with Crippen molar-refractivity contribution in [2.75, 3.05) is 39.1 Å². The Bertz CT molecular complexity index is 657. The van der Waals surface area contributed by atoms with E-state index in [1.165, 1.54) is 0 Å². The molecule has 0 unspecified atom stereocenters. The van der Waals surface area contributed by atoms with Gasteiger partial charge in [-0.2, -0.15) is 0 Å². The second-order valence-electron chi connectivity index (χ2n) is 6.72.